The molecule has 5 heteroatoms. The summed E-state index contributed by atoms with van der Waals surface area (Å²) in [6, 6.07) is 36.0. The van der Waals surface area contributed by atoms with Crippen LogP contribution in [0.4, 0.5) is 17.1 Å². The Morgan fingerprint density at radius 3 is 1.03 bits per heavy atom. The first-order chi connectivity index (χ1) is 19.1. The van der Waals surface area contributed by atoms with Crippen LogP contribution in [0.3, 0.4) is 0 Å². The van der Waals surface area contributed by atoms with Gasteiger partial charge < -0.3 is 4.90 Å². The number of para-hydroxylation sites is 1. The summed E-state index contributed by atoms with van der Waals surface area (Å²) in [5.74, 6) is 0. The number of rotatable bonds is 9. The van der Waals surface area contributed by atoms with Crippen LogP contribution >= 0.6 is 0 Å². The molecule has 0 saturated carbocycles. The molecule has 0 bridgehead atoms. The van der Waals surface area contributed by atoms with Crippen LogP contribution in [0.5, 0.6) is 0 Å². The number of hydrogen-bond donors (Lipinski definition) is 0. The Morgan fingerprint density at radius 2 is 0.692 bits per heavy atom. The molecule has 5 rings (SSSR count). The third kappa shape index (κ3) is 5.48. The lowest BCUT2D eigenvalue weighted by molar-refractivity contribution is 0.111. The van der Waals surface area contributed by atoms with E-state index in [2.05, 4.69) is 4.90 Å². The summed E-state index contributed by atoms with van der Waals surface area (Å²) in [7, 11) is 0. The van der Waals surface area contributed by atoms with E-state index in [4.69, 9.17) is 0 Å². The third-order valence-corrected chi connectivity index (χ3v) is 6.43. The smallest absolute Gasteiger partial charge is 0.150 e. The SMILES string of the molecule is O=Cc1cc(C=O)cc(-c2ccc(N(c3ccccc3)c3ccc(-c4cc(C=O)cc(C=O)c4)cc3)cc2)c1. The minimum Gasteiger partial charge on any atom is -0.311 e. The van der Waals surface area contributed by atoms with E-state index in [1.54, 1.807) is 36.4 Å². The largest absolute Gasteiger partial charge is 0.311 e. The van der Waals surface area contributed by atoms with Gasteiger partial charge in [-0.25, -0.2) is 0 Å². The zero-order chi connectivity index (χ0) is 27.2. The zero-order valence-electron chi connectivity index (χ0n) is 20.9. The summed E-state index contributed by atoms with van der Waals surface area (Å²) in [6.45, 7) is 0. The van der Waals surface area contributed by atoms with Crippen LogP contribution in [0.2, 0.25) is 0 Å². The molecule has 5 nitrogen and oxygen atoms in total. The molecular weight excluding hydrogens is 486 g/mol. The maximum atomic E-state index is 11.3. The molecule has 0 radical (unpaired) electrons. The lowest BCUT2D eigenvalue weighted by Crippen LogP contribution is -2.09. The van der Waals surface area contributed by atoms with Gasteiger partial charge in [0.2, 0.25) is 0 Å². The standard InChI is InChI=1S/C34H23NO4/c36-20-24-14-25(21-37)17-30(16-24)28-6-10-33(11-7-28)35(32-4-2-1-3-5-32)34-12-8-29(9-13-34)31-18-26(22-38)15-27(19-31)23-39/h1-23H. The van der Waals surface area contributed by atoms with Crippen molar-refractivity contribution in [2.24, 2.45) is 0 Å². The van der Waals surface area contributed by atoms with E-state index < -0.39 is 0 Å². The van der Waals surface area contributed by atoms with E-state index >= 15 is 0 Å². The number of carbonyl (C=O) groups is 4. The molecule has 0 saturated heterocycles. The van der Waals surface area contributed by atoms with Crippen LogP contribution in [0, 0.1) is 0 Å². The fraction of sp³-hybridized carbons (Fsp3) is 0. The first-order valence-corrected chi connectivity index (χ1v) is 12.3. The average Bonchev–Trinajstić information content (AvgIpc) is 3.01. The van der Waals surface area contributed by atoms with Gasteiger partial charge in [0.15, 0.2) is 0 Å². The zero-order valence-corrected chi connectivity index (χ0v) is 20.9. The van der Waals surface area contributed by atoms with Crippen molar-refractivity contribution in [1.82, 2.24) is 0 Å². The van der Waals surface area contributed by atoms with E-state index in [1.165, 1.54) is 0 Å². The number of hydrogen-bond acceptors (Lipinski definition) is 5. The fourth-order valence-corrected chi connectivity index (χ4v) is 4.59. The number of anilines is 3. The van der Waals surface area contributed by atoms with Crippen molar-refractivity contribution in [3.05, 3.63) is 138 Å². The fourth-order valence-electron chi connectivity index (χ4n) is 4.59. The van der Waals surface area contributed by atoms with Gasteiger partial charge in [0.05, 0.1) is 0 Å². The van der Waals surface area contributed by atoms with E-state index in [1.807, 2.05) is 78.9 Å². The molecule has 0 fully saturated rings. The Kier molecular flexibility index (Phi) is 7.32. The van der Waals surface area contributed by atoms with Crippen LogP contribution in [0.15, 0.2) is 115 Å². The van der Waals surface area contributed by atoms with Crippen molar-refractivity contribution >= 4 is 42.2 Å². The van der Waals surface area contributed by atoms with Crippen molar-refractivity contribution in [1.29, 1.82) is 0 Å². The van der Waals surface area contributed by atoms with Crippen molar-refractivity contribution < 1.29 is 19.2 Å². The Labute approximate surface area is 226 Å². The first kappa shape index (κ1) is 25.2. The highest BCUT2D eigenvalue weighted by molar-refractivity contribution is 5.88. The van der Waals surface area contributed by atoms with Crippen molar-refractivity contribution in [3.8, 4) is 22.3 Å². The maximum Gasteiger partial charge on any atom is 0.150 e. The maximum absolute atomic E-state index is 11.3. The minimum absolute atomic E-state index is 0.448. The minimum atomic E-state index is 0.448. The lowest BCUT2D eigenvalue weighted by Gasteiger charge is -2.26. The molecule has 0 aliphatic carbocycles. The topological polar surface area (TPSA) is 71.5 Å². The number of aldehydes is 4. The summed E-state index contributed by atoms with van der Waals surface area (Å²) in [5, 5.41) is 0. The Hall–Kier alpha value is -5.42. The molecule has 188 valence electrons. The van der Waals surface area contributed by atoms with Crippen LogP contribution in [-0.4, -0.2) is 25.1 Å². The van der Waals surface area contributed by atoms with Crippen molar-refractivity contribution in [3.63, 3.8) is 0 Å². The Bertz CT molecular complexity index is 1500. The molecule has 0 atom stereocenters. The predicted molar refractivity (Wildman–Crippen MR) is 154 cm³/mol. The van der Waals surface area contributed by atoms with Gasteiger partial charge >= 0.3 is 0 Å². The normalized spacial score (nSPS) is 10.5. The van der Waals surface area contributed by atoms with Crippen LogP contribution in [0.1, 0.15) is 41.4 Å². The molecule has 0 N–H and O–H groups in total. The Morgan fingerprint density at radius 1 is 0.359 bits per heavy atom. The van der Waals surface area contributed by atoms with E-state index in [9.17, 15) is 19.2 Å². The quantitative estimate of drug-likeness (QED) is 0.190. The summed E-state index contributed by atoms with van der Waals surface area (Å²) < 4.78 is 0. The van der Waals surface area contributed by atoms with Gasteiger partial charge in [-0.1, -0.05) is 42.5 Å². The van der Waals surface area contributed by atoms with Crippen molar-refractivity contribution in [2.45, 2.75) is 0 Å². The lowest BCUT2D eigenvalue weighted by atomic mass is 9.99. The molecule has 0 aromatic heterocycles. The summed E-state index contributed by atoms with van der Waals surface area (Å²) in [6.07, 6.45) is 2.95. The number of nitrogens with zero attached hydrogens (tertiary/aromatic N) is 1. The van der Waals surface area contributed by atoms with Gasteiger partial charge in [0.1, 0.15) is 25.1 Å². The second kappa shape index (κ2) is 11.3. The van der Waals surface area contributed by atoms with E-state index in [0.29, 0.717) is 22.3 Å². The molecular formula is C34H23NO4. The molecule has 0 aliphatic rings. The van der Waals surface area contributed by atoms with Crippen molar-refractivity contribution in [2.75, 3.05) is 4.90 Å². The highest BCUT2D eigenvalue weighted by Gasteiger charge is 2.13. The molecule has 0 amide bonds. The summed E-state index contributed by atoms with van der Waals surface area (Å²) in [5.41, 5.74) is 7.95. The molecule has 39 heavy (non-hydrogen) atoms. The molecule has 0 unspecified atom stereocenters. The number of benzene rings is 5. The van der Waals surface area contributed by atoms with Crippen LogP contribution in [-0.2, 0) is 0 Å². The molecule has 0 heterocycles. The first-order valence-electron chi connectivity index (χ1n) is 12.3. The van der Waals surface area contributed by atoms with Gasteiger partial charge in [-0.3, -0.25) is 19.2 Å². The average molecular weight is 510 g/mol. The van der Waals surface area contributed by atoms with Gasteiger partial charge in [-0.15, -0.1) is 0 Å². The van der Waals surface area contributed by atoms with Crippen LogP contribution < -0.4 is 4.90 Å². The highest BCUT2D eigenvalue weighted by Crippen LogP contribution is 2.36. The molecule has 0 spiro atoms. The summed E-state index contributed by atoms with van der Waals surface area (Å²) >= 11 is 0. The monoisotopic (exact) mass is 509 g/mol. The second-order valence-electron chi connectivity index (χ2n) is 9.01. The molecule has 5 aromatic rings. The predicted octanol–water partition coefficient (Wildman–Crippen LogP) is 7.74. The second-order valence-corrected chi connectivity index (χ2v) is 9.01. The van der Waals surface area contributed by atoms with Crippen LogP contribution in [0.25, 0.3) is 22.3 Å². The Balaban J connectivity index is 1.53. The molecule has 0 aliphatic heterocycles. The van der Waals surface area contributed by atoms with Gasteiger partial charge in [0.25, 0.3) is 0 Å². The number of carbonyl (C=O) groups excluding carboxylic acids is 4. The highest BCUT2D eigenvalue weighted by atomic mass is 16.1. The van der Waals surface area contributed by atoms with Gasteiger partial charge in [-0.2, -0.15) is 0 Å². The van der Waals surface area contributed by atoms with E-state index in [-0.39, 0.29) is 0 Å². The summed E-state index contributed by atoms with van der Waals surface area (Å²) in [4.78, 5) is 47.5. The van der Waals surface area contributed by atoms with Gasteiger partial charge in [0, 0.05) is 39.3 Å². The van der Waals surface area contributed by atoms with Gasteiger partial charge in [-0.05, 0) is 95.1 Å². The molecule has 5 aromatic carbocycles. The third-order valence-electron chi connectivity index (χ3n) is 6.43. The van der Waals surface area contributed by atoms with E-state index in [0.717, 1.165) is 64.5 Å².